The summed E-state index contributed by atoms with van der Waals surface area (Å²) < 4.78 is 45.4. The molecule has 1 heterocycles. The van der Waals surface area contributed by atoms with Crippen molar-refractivity contribution in [1.82, 2.24) is 9.80 Å². The highest BCUT2D eigenvalue weighted by Gasteiger charge is 2.24. The first kappa shape index (κ1) is 12.5. The van der Waals surface area contributed by atoms with Crippen molar-refractivity contribution in [3.63, 3.8) is 0 Å². The van der Waals surface area contributed by atoms with Gasteiger partial charge in [-0.25, -0.2) is 0 Å². The van der Waals surface area contributed by atoms with Gasteiger partial charge in [0.05, 0.1) is 17.9 Å². The second-order valence-electron chi connectivity index (χ2n) is 6.57. The number of carbonyl (C=O) groups is 1. The maximum Gasteiger partial charge on any atom is 0.176 e. The molecule has 0 radical (unpaired) electrons. The fraction of sp³-hybridized carbons (Fsp3) is 0.381. The number of Topliss-reactive ketones (excluding diaryl/α,β-unsaturated/α-hetero) is 1. The summed E-state index contributed by atoms with van der Waals surface area (Å²) in [4.78, 5) is 19.1. The molecule has 0 unspecified atom stereocenters. The van der Waals surface area contributed by atoms with E-state index in [2.05, 4.69) is 0 Å². The van der Waals surface area contributed by atoms with Crippen LogP contribution in [-0.2, 0) is 0 Å². The Hall–Kier alpha value is -1.82. The van der Waals surface area contributed by atoms with Crippen molar-refractivity contribution in [2.45, 2.75) is 16.2 Å². The van der Waals surface area contributed by atoms with Gasteiger partial charge in [-0.1, -0.05) is 30.0 Å². The lowest BCUT2D eigenvalue weighted by Crippen LogP contribution is -2.26. The number of nitrogens with zero attached hydrogens (tertiary/aromatic N) is 3. The molecule has 3 rings (SSSR count). The number of ketones is 1. The summed E-state index contributed by atoms with van der Waals surface area (Å²) in [6, 6.07) is 13.5. The number of likely N-dealkylation sites (N-methyl/N-ethyl adjacent to an activating group) is 1. The molecule has 1 aliphatic rings. The molecule has 4 nitrogen and oxygen atoms in total. The summed E-state index contributed by atoms with van der Waals surface area (Å²) in [7, 11) is 3.69. The smallest absolute Gasteiger partial charge is 0.176 e. The van der Waals surface area contributed by atoms with Crippen molar-refractivity contribution >= 4 is 28.9 Å². The Morgan fingerprint density at radius 3 is 2.62 bits per heavy atom. The second kappa shape index (κ2) is 8.25. The van der Waals surface area contributed by atoms with Crippen molar-refractivity contribution in [3.05, 3.63) is 48.0 Å². The maximum atomic E-state index is 12.6. The molecule has 0 saturated carbocycles. The van der Waals surface area contributed by atoms with Gasteiger partial charge < -0.3 is 14.7 Å². The number of benzene rings is 2. The van der Waals surface area contributed by atoms with Crippen molar-refractivity contribution < 1.29 is 13.0 Å². The molecule has 0 spiro atoms. The van der Waals surface area contributed by atoms with Crippen molar-refractivity contribution in [1.29, 1.82) is 0 Å². The second-order valence-corrected chi connectivity index (χ2v) is 7.65. The van der Waals surface area contributed by atoms with Gasteiger partial charge in [-0.05, 0) is 65.3 Å². The fourth-order valence-electron chi connectivity index (χ4n) is 3.01. The van der Waals surface area contributed by atoms with Crippen LogP contribution in [0, 0.1) is 0 Å². The number of carbonyl (C=O) groups excluding carboxylic acids is 1. The summed E-state index contributed by atoms with van der Waals surface area (Å²) in [5.41, 5.74) is 2.43. The van der Waals surface area contributed by atoms with E-state index < -0.39 is 14.0 Å². The van der Waals surface area contributed by atoms with Gasteiger partial charge in [-0.3, -0.25) is 4.79 Å². The van der Waals surface area contributed by atoms with Crippen LogP contribution in [0.15, 0.2) is 52.3 Å². The van der Waals surface area contributed by atoms with Gasteiger partial charge in [0, 0.05) is 30.1 Å². The van der Waals surface area contributed by atoms with Crippen LogP contribution in [0.1, 0.15) is 25.0 Å². The Balaban J connectivity index is 1.89. The predicted molar refractivity (Wildman–Crippen MR) is 110 cm³/mol. The van der Waals surface area contributed by atoms with E-state index in [4.69, 9.17) is 8.22 Å². The molecule has 0 atom stereocenters. The van der Waals surface area contributed by atoms with Crippen LogP contribution in [0.2, 0.25) is 0 Å². The Morgan fingerprint density at radius 1 is 1.08 bits per heavy atom. The van der Waals surface area contributed by atoms with Gasteiger partial charge in [0.25, 0.3) is 0 Å². The topological polar surface area (TPSA) is 26.8 Å². The normalized spacial score (nSPS) is 17.5. The zero-order valence-electron chi connectivity index (χ0n) is 21.0. The average molecular weight is 376 g/mol. The summed E-state index contributed by atoms with van der Waals surface area (Å²) in [5, 5.41) is 0. The molecule has 5 heteroatoms. The first-order valence-corrected chi connectivity index (χ1v) is 9.34. The van der Waals surface area contributed by atoms with Crippen LogP contribution in [-0.4, -0.2) is 63.3 Å². The van der Waals surface area contributed by atoms with E-state index in [-0.39, 0.29) is 12.3 Å². The third-order valence-corrected chi connectivity index (χ3v) is 5.30. The minimum Gasteiger partial charge on any atom is -0.340 e. The largest absolute Gasteiger partial charge is 0.340 e. The highest BCUT2D eigenvalue weighted by atomic mass is 32.2. The minimum atomic E-state index is -2.70. The van der Waals surface area contributed by atoms with Gasteiger partial charge in [-0.2, -0.15) is 0 Å². The molecule has 2 aromatic rings. The van der Waals surface area contributed by atoms with E-state index >= 15 is 0 Å². The third-order valence-electron chi connectivity index (χ3n) is 4.17. The highest BCUT2D eigenvalue weighted by Crippen LogP contribution is 2.48. The molecule has 2 aromatic carbocycles. The lowest BCUT2D eigenvalue weighted by Gasteiger charge is -2.33. The van der Waals surface area contributed by atoms with Crippen LogP contribution in [0.4, 0.5) is 11.4 Å². The molecule has 1 aliphatic heterocycles. The summed E-state index contributed by atoms with van der Waals surface area (Å²) in [5.74, 6) is 0.0117. The van der Waals surface area contributed by atoms with E-state index in [0.717, 1.165) is 21.2 Å². The number of para-hydroxylation sites is 1. The first-order chi connectivity index (χ1) is 14.9. The van der Waals surface area contributed by atoms with E-state index in [1.54, 1.807) is 11.8 Å². The average Bonchev–Trinajstić information content (AvgIpc) is 2.67. The van der Waals surface area contributed by atoms with Gasteiger partial charge in [0.1, 0.15) is 0 Å². The van der Waals surface area contributed by atoms with Crippen molar-refractivity contribution in [2.75, 3.05) is 52.6 Å². The Labute approximate surface area is 169 Å². The monoisotopic (exact) mass is 375 g/mol. The molecule has 0 saturated heterocycles. The first-order valence-electron chi connectivity index (χ1n) is 11.5. The summed E-state index contributed by atoms with van der Waals surface area (Å²) >= 11 is 1.62. The Bertz CT molecular complexity index is 963. The zero-order chi connectivity index (χ0) is 23.7. The number of hydrogen-bond acceptors (Lipinski definition) is 5. The van der Waals surface area contributed by atoms with E-state index in [0.29, 0.717) is 30.0 Å². The lowest BCUT2D eigenvalue weighted by molar-refractivity contribution is 0.0958. The molecular weight excluding hydrogens is 342 g/mol. The standard InChI is InChI=1S/C21H27N3OS/c1-22(2)12-7-13-24-17-8-5-6-9-20(17)26-21-11-10-16(14-18(21)24)19(25)15-23(3)4/h5-6,8-11,14H,7,12-13,15H2,1-4H3/i1D3,2D3. The quantitative estimate of drug-likeness (QED) is 0.682. The van der Waals surface area contributed by atoms with E-state index in [9.17, 15) is 4.79 Å². The minimum absolute atomic E-state index is 0.0117. The predicted octanol–water partition coefficient (Wildman–Crippen LogP) is 3.99. The fourth-order valence-corrected chi connectivity index (χ4v) is 4.09. The molecule has 0 bridgehead atoms. The number of hydrogen-bond donors (Lipinski definition) is 0. The SMILES string of the molecule is [2H]C([2H])([2H])N(CCCN1c2ccccc2Sc2ccc(C(=O)CN(C)C)cc21)C([2H])([2H])[2H]. The zero-order valence-corrected chi connectivity index (χ0v) is 15.8. The Kier molecular flexibility index (Phi) is 3.98. The summed E-state index contributed by atoms with van der Waals surface area (Å²) in [6.07, 6.45) is 0.324. The van der Waals surface area contributed by atoms with Crippen LogP contribution in [0.25, 0.3) is 0 Å². The molecule has 0 fully saturated rings. The maximum absolute atomic E-state index is 12.6. The molecule has 26 heavy (non-hydrogen) atoms. The van der Waals surface area contributed by atoms with Crippen LogP contribution in [0.5, 0.6) is 0 Å². The van der Waals surface area contributed by atoms with Crippen LogP contribution < -0.4 is 4.90 Å². The molecule has 138 valence electrons. The molecular formula is C21H27N3OS. The number of rotatable bonds is 7. The van der Waals surface area contributed by atoms with Gasteiger partial charge in [-0.15, -0.1) is 0 Å². The van der Waals surface area contributed by atoms with E-state index in [1.807, 2.05) is 66.4 Å². The highest BCUT2D eigenvalue weighted by molar-refractivity contribution is 7.99. The Morgan fingerprint density at radius 2 is 1.85 bits per heavy atom. The molecule has 0 aromatic heterocycles. The van der Waals surface area contributed by atoms with Crippen molar-refractivity contribution in [3.8, 4) is 0 Å². The molecule has 0 N–H and O–H groups in total. The van der Waals surface area contributed by atoms with Gasteiger partial charge >= 0.3 is 0 Å². The van der Waals surface area contributed by atoms with Crippen molar-refractivity contribution in [2.24, 2.45) is 0 Å². The van der Waals surface area contributed by atoms with Gasteiger partial charge in [0.15, 0.2) is 5.78 Å². The van der Waals surface area contributed by atoms with Crippen LogP contribution in [0.3, 0.4) is 0 Å². The molecule has 0 aliphatic carbocycles. The number of anilines is 2. The lowest BCUT2D eigenvalue weighted by atomic mass is 10.1. The molecule has 0 amide bonds. The number of fused-ring (bicyclic) bond motifs is 2. The summed E-state index contributed by atoms with van der Waals surface area (Å²) in [6.45, 7) is -4.80. The third kappa shape index (κ3) is 4.29. The van der Waals surface area contributed by atoms with E-state index in [1.165, 1.54) is 0 Å². The van der Waals surface area contributed by atoms with Gasteiger partial charge in [0.2, 0.25) is 0 Å². The van der Waals surface area contributed by atoms with Crippen LogP contribution >= 0.6 is 11.8 Å².